The highest BCUT2D eigenvalue weighted by atomic mass is 32.1. The van der Waals surface area contributed by atoms with Crippen LogP contribution in [0.5, 0.6) is 0 Å². The summed E-state index contributed by atoms with van der Waals surface area (Å²) < 4.78 is 0. The molecule has 0 saturated heterocycles. The molecular weight excluding hydrogens is 220 g/mol. The summed E-state index contributed by atoms with van der Waals surface area (Å²) in [5, 5.41) is 2.88. The molecule has 0 unspecified atom stereocenters. The minimum atomic E-state index is -0.369. The summed E-state index contributed by atoms with van der Waals surface area (Å²) in [5.41, 5.74) is 7.13. The highest BCUT2D eigenvalue weighted by Crippen LogP contribution is 2.30. The fourth-order valence-corrected chi connectivity index (χ4v) is 3.17. The summed E-state index contributed by atoms with van der Waals surface area (Å²) in [4.78, 5) is 14.2. The van der Waals surface area contributed by atoms with Gasteiger partial charge in [0, 0.05) is 9.75 Å². The molecule has 0 bridgehead atoms. The molecule has 1 amide bonds. The standard InChI is InChI=1S/C12H18N2OS/c1-2-10(13)12(15)14-7-9-6-8-4-3-5-11(8)16-9/h6,10H,2-5,7,13H2,1H3,(H,14,15)/t10-/m0/s1. The minimum absolute atomic E-state index is 0.0453. The number of nitrogens with two attached hydrogens (primary N) is 1. The zero-order valence-corrected chi connectivity index (χ0v) is 10.4. The molecular formula is C12H18N2OS. The zero-order chi connectivity index (χ0) is 11.5. The molecule has 0 aliphatic heterocycles. The number of amides is 1. The van der Waals surface area contributed by atoms with Gasteiger partial charge in [-0.05, 0) is 37.3 Å². The Morgan fingerprint density at radius 1 is 1.62 bits per heavy atom. The van der Waals surface area contributed by atoms with Gasteiger partial charge in [-0.25, -0.2) is 0 Å². The molecule has 3 N–H and O–H groups in total. The summed E-state index contributed by atoms with van der Waals surface area (Å²) in [6, 6.07) is 1.86. The Morgan fingerprint density at radius 3 is 3.12 bits per heavy atom. The number of nitrogens with one attached hydrogen (secondary N) is 1. The van der Waals surface area contributed by atoms with Gasteiger partial charge in [0.2, 0.25) is 5.91 Å². The molecule has 0 saturated carbocycles. The van der Waals surface area contributed by atoms with Crippen LogP contribution in [0, 0.1) is 0 Å². The van der Waals surface area contributed by atoms with Gasteiger partial charge >= 0.3 is 0 Å². The third kappa shape index (κ3) is 2.44. The highest BCUT2D eigenvalue weighted by Gasteiger charge is 2.16. The van der Waals surface area contributed by atoms with Crippen molar-refractivity contribution >= 4 is 17.2 Å². The number of carbonyl (C=O) groups excluding carboxylic acids is 1. The molecule has 0 fully saturated rings. The highest BCUT2D eigenvalue weighted by molar-refractivity contribution is 7.12. The quantitative estimate of drug-likeness (QED) is 0.837. The van der Waals surface area contributed by atoms with Crippen molar-refractivity contribution in [2.24, 2.45) is 5.73 Å². The largest absolute Gasteiger partial charge is 0.350 e. The molecule has 88 valence electrons. The Labute approximate surface area is 100 Å². The summed E-state index contributed by atoms with van der Waals surface area (Å²) in [6.07, 6.45) is 4.39. The third-order valence-corrected chi connectivity index (χ3v) is 4.25. The first kappa shape index (κ1) is 11.6. The number of hydrogen-bond donors (Lipinski definition) is 2. The van der Waals surface area contributed by atoms with Crippen molar-refractivity contribution in [1.29, 1.82) is 0 Å². The lowest BCUT2D eigenvalue weighted by Crippen LogP contribution is -2.39. The van der Waals surface area contributed by atoms with Crippen molar-refractivity contribution in [1.82, 2.24) is 5.32 Å². The maximum Gasteiger partial charge on any atom is 0.237 e. The number of fused-ring (bicyclic) bond motifs is 1. The molecule has 2 rings (SSSR count). The van der Waals surface area contributed by atoms with Crippen LogP contribution in [0.15, 0.2) is 6.07 Å². The molecule has 1 atom stereocenters. The van der Waals surface area contributed by atoms with Crippen LogP contribution < -0.4 is 11.1 Å². The lowest BCUT2D eigenvalue weighted by atomic mass is 10.2. The Balaban J connectivity index is 1.88. The van der Waals surface area contributed by atoms with Crippen molar-refractivity contribution in [3.05, 3.63) is 21.4 Å². The van der Waals surface area contributed by atoms with E-state index < -0.39 is 0 Å². The molecule has 0 aromatic carbocycles. The van der Waals surface area contributed by atoms with Crippen LogP contribution in [0.1, 0.15) is 35.1 Å². The van der Waals surface area contributed by atoms with Crippen molar-refractivity contribution < 1.29 is 4.79 Å². The van der Waals surface area contributed by atoms with Gasteiger partial charge < -0.3 is 11.1 Å². The molecule has 1 aromatic rings. The van der Waals surface area contributed by atoms with E-state index >= 15 is 0 Å². The maximum absolute atomic E-state index is 11.5. The average molecular weight is 238 g/mol. The molecule has 1 aromatic heterocycles. The van der Waals surface area contributed by atoms with Gasteiger partial charge in [-0.15, -0.1) is 11.3 Å². The summed E-state index contributed by atoms with van der Waals surface area (Å²) >= 11 is 1.83. The summed E-state index contributed by atoms with van der Waals surface area (Å²) in [6.45, 7) is 2.55. The van der Waals surface area contributed by atoms with Gasteiger partial charge in [-0.3, -0.25) is 4.79 Å². The zero-order valence-electron chi connectivity index (χ0n) is 9.58. The van der Waals surface area contributed by atoms with Crippen molar-refractivity contribution in [3.8, 4) is 0 Å². The fraction of sp³-hybridized carbons (Fsp3) is 0.583. The van der Waals surface area contributed by atoms with Gasteiger partial charge in [-0.1, -0.05) is 6.92 Å². The van der Waals surface area contributed by atoms with Crippen LogP contribution in [0.4, 0.5) is 0 Å². The number of thiophene rings is 1. The average Bonchev–Trinajstić information content (AvgIpc) is 2.84. The van der Waals surface area contributed by atoms with Gasteiger partial charge in [0.1, 0.15) is 0 Å². The van der Waals surface area contributed by atoms with Gasteiger partial charge in [0.25, 0.3) is 0 Å². The molecule has 0 radical (unpaired) electrons. The van der Waals surface area contributed by atoms with E-state index in [4.69, 9.17) is 5.73 Å². The Bertz CT molecular complexity index is 365. The predicted molar refractivity (Wildman–Crippen MR) is 66.5 cm³/mol. The van der Waals surface area contributed by atoms with Gasteiger partial charge in [0.15, 0.2) is 0 Å². The maximum atomic E-state index is 11.5. The van der Waals surface area contributed by atoms with E-state index in [1.807, 2.05) is 18.3 Å². The molecule has 1 heterocycles. The first-order chi connectivity index (χ1) is 7.70. The molecule has 0 spiro atoms. The van der Waals surface area contributed by atoms with Gasteiger partial charge in [0.05, 0.1) is 12.6 Å². The van der Waals surface area contributed by atoms with E-state index in [2.05, 4.69) is 11.4 Å². The topological polar surface area (TPSA) is 55.1 Å². The molecule has 3 nitrogen and oxygen atoms in total. The SMILES string of the molecule is CC[C@H](N)C(=O)NCc1cc2c(s1)CCC2. The van der Waals surface area contributed by atoms with Gasteiger partial charge in [-0.2, -0.15) is 0 Å². The lowest BCUT2D eigenvalue weighted by molar-refractivity contribution is -0.122. The fourth-order valence-electron chi connectivity index (χ4n) is 1.97. The van der Waals surface area contributed by atoms with E-state index in [0.29, 0.717) is 13.0 Å². The molecule has 16 heavy (non-hydrogen) atoms. The van der Waals surface area contributed by atoms with Crippen LogP contribution in [-0.2, 0) is 24.2 Å². The number of hydrogen-bond acceptors (Lipinski definition) is 3. The van der Waals surface area contributed by atoms with Crippen LogP contribution in [-0.4, -0.2) is 11.9 Å². The Hall–Kier alpha value is -0.870. The Morgan fingerprint density at radius 2 is 2.44 bits per heavy atom. The minimum Gasteiger partial charge on any atom is -0.350 e. The number of rotatable bonds is 4. The van der Waals surface area contributed by atoms with Crippen molar-refractivity contribution in [2.75, 3.05) is 0 Å². The molecule has 4 heteroatoms. The lowest BCUT2D eigenvalue weighted by Gasteiger charge is -2.08. The summed E-state index contributed by atoms with van der Waals surface area (Å²) in [7, 11) is 0. The van der Waals surface area contributed by atoms with Crippen LogP contribution in [0.3, 0.4) is 0 Å². The van der Waals surface area contributed by atoms with E-state index in [9.17, 15) is 4.79 Å². The van der Waals surface area contributed by atoms with Crippen LogP contribution in [0.25, 0.3) is 0 Å². The van der Waals surface area contributed by atoms with Crippen LogP contribution >= 0.6 is 11.3 Å². The second-order valence-corrected chi connectivity index (χ2v) is 5.47. The molecule has 1 aliphatic rings. The van der Waals surface area contributed by atoms with Crippen molar-refractivity contribution in [3.63, 3.8) is 0 Å². The number of carbonyl (C=O) groups is 1. The Kier molecular flexibility index (Phi) is 3.61. The predicted octanol–water partition coefficient (Wildman–Crippen LogP) is 1.59. The van der Waals surface area contributed by atoms with E-state index in [-0.39, 0.29) is 11.9 Å². The second kappa shape index (κ2) is 4.97. The monoisotopic (exact) mass is 238 g/mol. The second-order valence-electron chi connectivity index (χ2n) is 4.25. The smallest absolute Gasteiger partial charge is 0.237 e. The first-order valence-electron chi connectivity index (χ1n) is 5.84. The molecule has 1 aliphatic carbocycles. The van der Waals surface area contributed by atoms with Crippen LogP contribution in [0.2, 0.25) is 0 Å². The third-order valence-electron chi connectivity index (χ3n) is 3.01. The summed E-state index contributed by atoms with van der Waals surface area (Å²) in [5.74, 6) is -0.0453. The number of aryl methyl sites for hydroxylation is 2. The first-order valence-corrected chi connectivity index (χ1v) is 6.66. The van der Waals surface area contributed by atoms with E-state index in [0.717, 1.165) is 0 Å². The van der Waals surface area contributed by atoms with E-state index in [1.54, 1.807) is 0 Å². The normalized spacial score (nSPS) is 15.9. The van der Waals surface area contributed by atoms with Crippen molar-refractivity contribution in [2.45, 2.75) is 45.2 Å². The van der Waals surface area contributed by atoms with E-state index in [1.165, 1.54) is 34.6 Å².